The van der Waals surface area contributed by atoms with Crippen LogP contribution >= 0.6 is 11.6 Å². The molecule has 0 radical (unpaired) electrons. The van der Waals surface area contributed by atoms with E-state index < -0.39 is 27.2 Å². The van der Waals surface area contributed by atoms with E-state index in [4.69, 9.17) is 16.2 Å². The van der Waals surface area contributed by atoms with E-state index in [0.29, 0.717) is 0 Å². The molecule has 2 rings (SSSR count). The van der Waals surface area contributed by atoms with Gasteiger partial charge in [0.05, 0.1) is 4.90 Å². The lowest BCUT2D eigenvalue weighted by Gasteiger charge is -2.07. The maximum absolute atomic E-state index is 13.1. The molecule has 2 N–H and O–H groups in total. The molecule has 0 atom stereocenters. The average Bonchev–Trinajstić information content (AvgIpc) is 2.35. The van der Waals surface area contributed by atoms with Crippen LogP contribution in [-0.2, 0) is 10.1 Å². The Balaban J connectivity index is 2.32. The van der Waals surface area contributed by atoms with E-state index >= 15 is 0 Å². The van der Waals surface area contributed by atoms with Gasteiger partial charge in [0.2, 0.25) is 5.95 Å². The third kappa shape index (κ3) is 3.18. The molecule has 0 unspecified atom stereocenters. The van der Waals surface area contributed by atoms with Gasteiger partial charge in [-0.3, -0.25) is 4.55 Å². The number of halogens is 3. The zero-order valence-corrected chi connectivity index (χ0v) is 11.1. The van der Waals surface area contributed by atoms with E-state index in [1.54, 1.807) is 0 Å². The summed E-state index contributed by atoms with van der Waals surface area (Å²) in [7, 11) is -4.31. The number of rotatable bonds is 3. The summed E-state index contributed by atoms with van der Waals surface area (Å²) in [6.07, 6.45) is -1.30. The number of benzene rings is 1. The van der Waals surface area contributed by atoms with E-state index in [0.717, 1.165) is 12.1 Å². The summed E-state index contributed by atoms with van der Waals surface area (Å²) >= 11 is 5.55. The Bertz CT molecular complexity index is 753. The highest BCUT2D eigenvalue weighted by Gasteiger charge is 2.13. The number of nitrogens with zero attached hydrogens (tertiary/aromatic N) is 2. The van der Waals surface area contributed by atoms with Crippen LogP contribution in [-0.4, -0.2) is 22.9 Å². The van der Waals surface area contributed by atoms with E-state index in [-0.39, 0.29) is 16.4 Å². The number of anilines is 2. The monoisotopic (exact) mass is 321 g/mol. The SMILES string of the molecule is O=S(=O)(O)c1ccc(Nc2nc(F)nc(F)c2Cl)cc1. The van der Waals surface area contributed by atoms with Crippen LogP contribution in [0.5, 0.6) is 0 Å². The van der Waals surface area contributed by atoms with Crippen LogP contribution in [0.4, 0.5) is 20.3 Å². The molecule has 0 aliphatic heterocycles. The molecular weight excluding hydrogens is 316 g/mol. The van der Waals surface area contributed by atoms with Crippen LogP contribution in [0.25, 0.3) is 0 Å². The Morgan fingerprint density at radius 3 is 2.30 bits per heavy atom. The first-order chi connectivity index (χ1) is 9.27. The molecule has 0 fully saturated rings. The highest BCUT2D eigenvalue weighted by atomic mass is 35.5. The third-order valence-corrected chi connectivity index (χ3v) is 3.40. The lowest BCUT2D eigenvalue weighted by molar-refractivity contribution is 0.482. The van der Waals surface area contributed by atoms with Crippen LogP contribution in [0, 0.1) is 12.0 Å². The highest BCUT2D eigenvalue weighted by molar-refractivity contribution is 7.85. The molecule has 0 spiro atoms. The van der Waals surface area contributed by atoms with Crippen LogP contribution in [0.3, 0.4) is 0 Å². The molecule has 10 heteroatoms. The van der Waals surface area contributed by atoms with E-state index in [1.807, 2.05) is 0 Å². The average molecular weight is 322 g/mol. The van der Waals surface area contributed by atoms with Gasteiger partial charge in [-0.2, -0.15) is 27.2 Å². The molecular formula is C10H6ClF2N3O3S. The van der Waals surface area contributed by atoms with Crippen molar-refractivity contribution >= 4 is 33.2 Å². The zero-order valence-electron chi connectivity index (χ0n) is 9.51. The smallest absolute Gasteiger partial charge is 0.313 e. The van der Waals surface area contributed by atoms with E-state index in [1.165, 1.54) is 12.1 Å². The maximum Gasteiger partial charge on any atom is 0.313 e. The normalized spacial score (nSPS) is 11.4. The fourth-order valence-corrected chi connectivity index (χ4v) is 1.94. The molecule has 20 heavy (non-hydrogen) atoms. The highest BCUT2D eigenvalue weighted by Crippen LogP contribution is 2.25. The molecule has 106 valence electrons. The standard InChI is InChI=1S/C10H6ClF2N3O3S/c11-7-8(12)15-10(13)16-9(7)14-5-1-3-6(4-2-5)20(17,18)19/h1-4H,(H,14,15,16)(H,17,18,19). The van der Waals surface area contributed by atoms with Crippen molar-refractivity contribution in [2.75, 3.05) is 5.32 Å². The minimum atomic E-state index is -4.31. The van der Waals surface area contributed by atoms with Gasteiger partial charge >= 0.3 is 6.08 Å². The van der Waals surface area contributed by atoms with Crippen molar-refractivity contribution in [3.05, 3.63) is 41.3 Å². The van der Waals surface area contributed by atoms with Gasteiger partial charge in [0.25, 0.3) is 10.1 Å². The predicted molar refractivity (Wildman–Crippen MR) is 66.5 cm³/mol. The fourth-order valence-electron chi connectivity index (χ4n) is 1.32. The number of hydrogen-bond donors (Lipinski definition) is 2. The first-order valence-corrected chi connectivity index (χ1v) is 6.82. The molecule has 0 bridgehead atoms. The summed E-state index contributed by atoms with van der Waals surface area (Å²) in [5.74, 6) is -1.53. The van der Waals surface area contributed by atoms with Gasteiger partial charge in [-0.05, 0) is 24.3 Å². The van der Waals surface area contributed by atoms with E-state index in [2.05, 4.69) is 15.3 Å². The third-order valence-electron chi connectivity index (χ3n) is 2.20. The molecule has 0 saturated heterocycles. The lowest BCUT2D eigenvalue weighted by Crippen LogP contribution is -2.02. The van der Waals surface area contributed by atoms with Crippen molar-refractivity contribution in [3.63, 3.8) is 0 Å². The van der Waals surface area contributed by atoms with Crippen LogP contribution in [0.15, 0.2) is 29.2 Å². The summed E-state index contributed by atoms with van der Waals surface area (Å²) in [5.41, 5.74) is 0.261. The minimum absolute atomic E-state index is 0.261. The Morgan fingerprint density at radius 2 is 1.75 bits per heavy atom. The van der Waals surface area contributed by atoms with Crippen molar-refractivity contribution in [3.8, 4) is 0 Å². The largest absolute Gasteiger partial charge is 0.339 e. The zero-order chi connectivity index (χ0) is 14.9. The first-order valence-electron chi connectivity index (χ1n) is 5.00. The molecule has 0 saturated carbocycles. The number of hydrogen-bond acceptors (Lipinski definition) is 5. The predicted octanol–water partition coefficient (Wildman–Crippen LogP) is 2.40. The second kappa shape index (κ2) is 5.27. The Morgan fingerprint density at radius 1 is 1.15 bits per heavy atom. The van der Waals surface area contributed by atoms with Crippen LogP contribution in [0.2, 0.25) is 5.02 Å². The van der Waals surface area contributed by atoms with Gasteiger partial charge in [0.1, 0.15) is 5.02 Å². The second-order valence-electron chi connectivity index (χ2n) is 3.57. The van der Waals surface area contributed by atoms with Crippen molar-refractivity contribution < 1.29 is 21.8 Å². The van der Waals surface area contributed by atoms with Gasteiger partial charge in [-0.25, -0.2) is 0 Å². The topological polar surface area (TPSA) is 92.2 Å². The van der Waals surface area contributed by atoms with Gasteiger partial charge in [-0.15, -0.1) is 0 Å². The van der Waals surface area contributed by atoms with Gasteiger partial charge in [0.15, 0.2) is 5.82 Å². The van der Waals surface area contributed by atoms with Crippen molar-refractivity contribution in [2.45, 2.75) is 4.90 Å². The molecule has 0 amide bonds. The second-order valence-corrected chi connectivity index (χ2v) is 5.37. The van der Waals surface area contributed by atoms with Gasteiger partial charge < -0.3 is 5.32 Å². The van der Waals surface area contributed by atoms with Crippen LogP contribution in [0.1, 0.15) is 0 Å². The number of aromatic nitrogens is 2. The molecule has 0 aliphatic carbocycles. The lowest BCUT2D eigenvalue weighted by atomic mass is 10.3. The molecule has 1 heterocycles. The Labute approximate surface area is 117 Å². The fraction of sp³-hybridized carbons (Fsp3) is 0. The summed E-state index contributed by atoms with van der Waals surface area (Å²) < 4.78 is 56.4. The summed E-state index contributed by atoms with van der Waals surface area (Å²) in [4.78, 5) is 5.74. The van der Waals surface area contributed by atoms with Gasteiger partial charge in [-0.1, -0.05) is 11.6 Å². The molecule has 1 aromatic carbocycles. The Kier molecular flexibility index (Phi) is 3.84. The van der Waals surface area contributed by atoms with Crippen LogP contribution < -0.4 is 5.32 Å². The molecule has 0 aliphatic rings. The Hall–Kier alpha value is -1.84. The first kappa shape index (κ1) is 14.6. The molecule has 6 nitrogen and oxygen atoms in total. The summed E-state index contributed by atoms with van der Waals surface area (Å²) in [6, 6.07) is 4.72. The van der Waals surface area contributed by atoms with Gasteiger partial charge in [0, 0.05) is 5.69 Å². The van der Waals surface area contributed by atoms with Crippen molar-refractivity contribution in [1.29, 1.82) is 0 Å². The number of nitrogens with one attached hydrogen (secondary N) is 1. The minimum Gasteiger partial charge on any atom is -0.339 e. The summed E-state index contributed by atoms with van der Waals surface area (Å²) in [5, 5.41) is 1.98. The van der Waals surface area contributed by atoms with E-state index in [9.17, 15) is 17.2 Å². The molecule has 1 aromatic heterocycles. The summed E-state index contributed by atoms with van der Waals surface area (Å²) in [6.45, 7) is 0. The van der Waals surface area contributed by atoms with Crippen molar-refractivity contribution in [2.24, 2.45) is 0 Å². The quantitative estimate of drug-likeness (QED) is 0.512. The maximum atomic E-state index is 13.1. The molecule has 2 aromatic rings. The van der Waals surface area contributed by atoms with Crippen molar-refractivity contribution in [1.82, 2.24) is 9.97 Å².